The number of nitrogens with zero attached hydrogens (tertiary/aromatic N) is 1. The summed E-state index contributed by atoms with van der Waals surface area (Å²) in [4.78, 5) is 2.65. The van der Waals surface area contributed by atoms with E-state index in [0.29, 0.717) is 0 Å². The fraction of sp³-hybridized carbons (Fsp3) is 0.647. The minimum Gasteiger partial charge on any atom is -0.364 e. The molecule has 2 heteroatoms. The predicted octanol–water partition coefficient (Wildman–Crippen LogP) is 3.20. The zero-order valence-corrected chi connectivity index (χ0v) is 12.2. The second-order valence-electron chi connectivity index (χ2n) is 6.83. The van der Waals surface area contributed by atoms with Crippen LogP contribution in [0.1, 0.15) is 38.7 Å². The van der Waals surface area contributed by atoms with Gasteiger partial charge in [-0.3, -0.25) is 0 Å². The van der Waals surface area contributed by atoms with Crippen molar-refractivity contribution < 1.29 is 0 Å². The van der Waals surface area contributed by atoms with Crippen LogP contribution in [0.2, 0.25) is 0 Å². The van der Waals surface area contributed by atoms with Crippen LogP contribution in [0.3, 0.4) is 0 Å². The summed E-state index contributed by atoms with van der Waals surface area (Å²) < 4.78 is 0. The molecule has 1 aliphatic carbocycles. The van der Waals surface area contributed by atoms with E-state index in [1.165, 1.54) is 43.5 Å². The van der Waals surface area contributed by atoms with E-state index in [0.717, 1.165) is 18.4 Å². The molecule has 0 saturated heterocycles. The van der Waals surface area contributed by atoms with E-state index in [1.807, 2.05) is 0 Å². The molecule has 1 aliphatic heterocycles. The molecular formula is C17H26N2. The van der Waals surface area contributed by atoms with E-state index in [2.05, 4.69) is 43.0 Å². The smallest absolute Gasteiger partial charge is 0.0527 e. The molecule has 0 bridgehead atoms. The molecule has 0 amide bonds. The second kappa shape index (κ2) is 4.82. The molecule has 3 atom stereocenters. The summed E-state index contributed by atoms with van der Waals surface area (Å²) in [5.41, 5.74) is 9.39. The monoisotopic (exact) mass is 258 g/mol. The van der Waals surface area contributed by atoms with E-state index in [9.17, 15) is 0 Å². The summed E-state index contributed by atoms with van der Waals surface area (Å²) in [6.07, 6.45) is 5.05. The first-order chi connectivity index (χ1) is 9.14. The Morgan fingerprint density at radius 2 is 2.05 bits per heavy atom. The van der Waals surface area contributed by atoms with Gasteiger partial charge in [0, 0.05) is 18.8 Å². The van der Waals surface area contributed by atoms with Gasteiger partial charge < -0.3 is 10.6 Å². The van der Waals surface area contributed by atoms with Gasteiger partial charge in [-0.05, 0) is 49.1 Å². The molecular weight excluding hydrogens is 232 g/mol. The van der Waals surface area contributed by atoms with Crippen LogP contribution in [0, 0.1) is 11.8 Å². The van der Waals surface area contributed by atoms with E-state index < -0.39 is 0 Å². The SMILES string of the molecule is CC1Cc2ccccc2N(C2(CN)CCC(C)C2)C1. The van der Waals surface area contributed by atoms with Gasteiger partial charge in [0.15, 0.2) is 0 Å². The van der Waals surface area contributed by atoms with E-state index in [-0.39, 0.29) is 5.54 Å². The van der Waals surface area contributed by atoms with Gasteiger partial charge in [0.25, 0.3) is 0 Å². The highest BCUT2D eigenvalue weighted by Crippen LogP contribution is 2.43. The first-order valence-electron chi connectivity index (χ1n) is 7.70. The molecule has 0 aromatic heterocycles. The minimum atomic E-state index is 0.212. The van der Waals surface area contributed by atoms with Crippen LogP contribution in [0.4, 0.5) is 5.69 Å². The van der Waals surface area contributed by atoms with Crippen molar-refractivity contribution in [1.82, 2.24) is 0 Å². The molecule has 3 unspecified atom stereocenters. The normalized spacial score (nSPS) is 34.4. The summed E-state index contributed by atoms with van der Waals surface area (Å²) in [5.74, 6) is 1.54. The van der Waals surface area contributed by atoms with Crippen LogP contribution in [0.5, 0.6) is 0 Å². The van der Waals surface area contributed by atoms with E-state index in [4.69, 9.17) is 5.73 Å². The third kappa shape index (κ3) is 2.16. The highest BCUT2D eigenvalue weighted by Gasteiger charge is 2.43. The van der Waals surface area contributed by atoms with Gasteiger partial charge in [0.1, 0.15) is 0 Å². The molecule has 1 aromatic rings. The molecule has 0 radical (unpaired) electrons. The van der Waals surface area contributed by atoms with Crippen molar-refractivity contribution >= 4 is 5.69 Å². The van der Waals surface area contributed by atoms with Crippen LogP contribution in [0.25, 0.3) is 0 Å². The molecule has 1 heterocycles. The van der Waals surface area contributed by atoms with Gasteiger partial charge in [-0.1, -0.05) is 32.0 Å². The van der Waals surface area contributed by atoms with Gasteiger partial charge in [0.05, 0.1) is 5.54 Å². The largest absolute Gasteiger partial charge is 0.364 e. The van der Waals surface area contributed by atoms with Crippen molar-refractivity contribution in [3.63, 3.8) is 0 Å². The topological polar surface area (TPSA) is 29.3 Å². The maximum absolute atomic E-state index is 6.22. The Labute approximate surface area is 117 Å². The Hall–Kier alpha value is -1.02. The molecule has 104 valence electrons. The van der Waals surface area contributed by atoms with Crippen LogP contribution in [-0.2, 0) is 6.42 Å². The number of para-hydroxylation sites is 1. The maximum Gasteiger partial charge on any atom is 0.0527 e. The van der Waals surface area contributed by atoms with Crippen LogP contribution in [-0.4, -0.2) is 18.6 Å². The van der Waals surface area contributed by atoms with Gasteiger partial charge in [-0.15, -0.1) is 0 Å². The first kappa shape index (κ1) is 13.0. The molecule has 1 saturated carbocycles. The third-order valence-electron chi connectivity index (χ3n) is 5.13. The van der Waals surface area contributed by atoms with Crippen molar-refractivity contribution in [3.05, 3.63) is 29.8 Å². The number of anilines is 1. The maximum atomic E-state index is 6.22. The lowest BCUT2D eigenvalue weighted by Gasteiger charge is -2.47. The second-order valence-corrected chi connectivity index (χ2v) is 6.83. The fourth-order valence-corrected chi connectivity index (χ4v) is 4.15. The van der Waals surface area contributed by atoms with Crippen LogP contribution in [0.15, 0.2) is 24.3 Å². The lowest BCUT2D eigenvalue weighted by molar-refractivity contribution is 0.356. The lowest BCUT2D eigenvalue weighted by atomic mass is 9.86. The number of rotatable bonds is 2. The van der Waals surface area contributed by atoms with Gasteiger partial charge in [-0.2, -0.15) is 0 Å². The molecule has 19 heavy (non-hydrogen) atoms. The summed E-state index contributed by atoms with van der Waals surface area (Å²) in [6, 6.07) is 8.92. The highest BCUT2D eigenvalue weighted by molar-refractivity contribution is 5.58. The number of nitrogens with two attached hydrogens (primary N) is 1. The lowest BCUT2D eigenvalue weighted by Crippen LogP contribution is -2.55. The summed E-state index contributed by atoms with van der Waals surface area (Å²) in [6.45, 7) is 6.70. The molecule has 2 N–H and O–H groups in total. The Bertz CT molecular complexity index is 456. The van der Waals surface area contributed by atoms with Crippen molar-refractivity contribution in [2.24, 2.45) is 17.6 Å². The zero-order chi connectivity index (χ0) is 13.5. The summed E-state index contributed by atoms with van der Waals surface area (Å²) in [5, 5.41) is 0. The molecule has 2 nitrogen and oxygen atoms in total. The molecule has 2 aliphatic rings. The molecule has 1 aromatic carbocycles. The van der Waals surface area contributed by atoms with E-state index in [1.54, 1.807) is 0 Å². The van der Waals surface area contributed by atoms with Crippen LogP contribution < -0.4 is 10.6 Å². The number of benzene rings is 1. The predicted molar refractivity (Wildman–Crippen MR) is 81.5 cm³/mol. The molecule has 3 rings (SSSR count). The third-order valence-corrected chi connectivity index (χ3v) is 5.13. The highest BCUT2D eigenvalue weighted by atomic mass is 15.2. The van der Waals surface area contributed by atoms with Gasteiger partial charge in [-0.25, -0.2) is 0 Å². The molecule has 1 fully saturated rings. The van der Waals surface area contributed by atoms with Gasteiger partial charge in [0.2, 0.25) is 0 Å². The van der Waals surface area contributed by atoms with E-state index >= 15 is 0 Å². The minimum absolute atomic E-state index is 0.212. The average molecular weight is 258 g/mol. The number of hydrogen-bond donors (Lipinski definition) is 1. The number of fused-ring (bicyclic) bond motifs is 1. The standard InChI is InChI=1S/C17H26N2/c1-13-7-8-17(10-13,12-18)19-11-14(2)9-15-5-3-4-6-16(15)19/h3-6,13-14H,7-12,18H2,1-2H3. The van der Waals surface area contributed by atoms with Crippen LogP contribution >= 0.6 is 0 Å². The Kier molecular flexibility index (Phi) is 3.30. The zero-order valence-electron chi connectivity index (χ0n) is 12.2. The Balaban J connectivity index is 2.00. The van der Waals surface area contributed by atoms with Crippen molar-refractivity contribution in [3.8, 4) is 0 Å². The Morgan fingerprint density at radius 3 is 2.74 bits per heavy atom. The summed E-state index contributed by atoms with van der Waals surface area (Å²) in [7, 11) is 0. The average Bonchev–Trinajstić information content (AvgIpc) is 2.80. The molecule has 0 spiro atoms. The number of hydrogen-bond acceptors (Lipinski definition) is 2. The Morgan fingerprint density at radius 1 is 1.26 bits per heavy atom. The van der Waals surface area contributed by atoms with Crippen molar-refractivity contribution in [1.29, 1.82) is 0 Å². The van der Waals surface area contributed by atoms with Crippen molar-refractivity contribution in [2.45, 2.75) is 45.1 Å². The van der Waals surface area contributed by atoms with Crippen molar-refractivity contribution in [2.75, 3.05) is 18.0 Å². The fourth-order valence-electron chi connectivity index (χ4n) is 4.15. The quantitative estimate of drug-likeness (QED) is 0.882. The van der Waals surface area contributed by atoms with Gasteiger partial charge >= 0.3 is 0 Å². The first-order valence-corrected chi connectivity index (χ1v) is 7.70. The summed E-state index contributed by atoms with van der Waals surface area (Å²) >= 11 is 0.